The quantitative estimate of drug-likeness (QED) is 0.258. The number of pyridine rings is 3. The van der Waals surface area contributed by atoms with Crippen molar-refractivity contribution in [2.75, 3.05) is 0 Å². The van der Waals surface area contributed by atoms with Gasteiger partial charge in [0, 0.05) is 17.3 Å². The molecule has 4 aromatic rings. The maximum Gasteiger partial charge on any atom is 0.328 e. The first-order chi connectivity index (χ1) is 14.8. The first-order valence-electron chi connectivity index (χ1n) is 9.24. The van der Waals surface area contributed by atoms with Gasteiger partial charge in [0.25, 0.3) is 0 Å². The highest BCUT2D eigenvalue weighted by molar-refractivity contribution is 7.13. The normalized spacial score (nSPS) is 14.5. The average molecular weight is 409 g/mol. The van der Waals surface area contributed by atoms with Gasteiger partial charge in [-0.25, -0.2) is 4.98 Å². The first-order valence-corrected chi connectivity index (χ1v) is 10.1. The van der Waals surface area contributed by atoms with Crippen molar-refractivity contribution < 1.29 is 9.78 Å². The van der Waals surface area contributed by atoms with Crippen LogP contribution in [0.25, 0.3) is 34.9 Å². The maximum absolute atomic E-state index is 5.49. The van der Waals surface area contributed by atoms with E-state index in [9.17, 15) is 0 Å². The van der Waals surface area contributed by atoms with E-state index in [1.807, 2.05) is 72.8 Å². The van der Waals surface area contributed by atoms with Crippen LogP contribution in [0, 0.1) is 12.3 Å². The van der Waals surface area contributed by atoms with Crippen LogP contribution in [0.4, 0.5) is 0 Å². The minimum absolute atomic E-state index is 0.788. The molecule has 0 unspecified atom stereocenters. The summed E-state index contributed by atoms with van der Waals surface area (Å²) in [6.07, 6.45) is 13.1. The highest BCUT2D eigenvalue weighted by atomic mass is 32.1. The Labute approximate surface area is 177 Å². The lowest BCUT2D eigenvalue weighted by Crippen LogP contribution is -1.99. The van der Waals surface area contributed by atoms with Gasteiger partial charge in [-0.3, -0.25) is 9.97 Å². The molecule has 0 atom stereocenters. The van der Waals surface area contributed by atoms with Crippen LogP contribution in [-0.2, 0) is 15.6 Å². The lowest BCUT2D eigenvalue weighted by atomic mass is 10.1. The molecule has 0 bridgehead atoms. The summed E-state index contributed by atoms with van der Waals surface area (Å²) in [5.74, 6) is 1.52. The van der Waals surface area contributed by atoms with E-state index >= 15 is 0 Å². The van der Waals surface area contributed by atoms with Crippen LogP contribution in [0.1, 0.15) is 15.3 Å². The molecule has 1 fully saturated rings. The predicted octanol–water partition coefficient (Wildman–Crippen LogP) is 5.19. The van der Waals surface area contributed by atoms with Crippen molar-refractivity contribution in [2.24, 2.45) is 0 Å². The van der Waals surface area contributed by atoms with E-state index in [0.29, 0.717) is 0 Å². The van der Waals surface area contributed by atoms with Crippen LogP contribution in [0.2, 0.25) is 0 Å². The largest absolute Gasteiger partial charge is 0.328 e. The third kappa shape index (κ3) is 3.65. The molecule has 30 heavy (non-hydrogen) atoms. The van der Waals surface area contributed by atoms with Crippen LogP contribution < -0.4 is 0 Å². The Morgan fingerprint density at radius 1 is 0.833 bits per heavy atom. The standard InChI is InChI=1S/C24H15N3O2S/c1-2-24(28-29-24)23-12-11-18(30-23)10-9-17-15-21(19-7-3-5-13-25-19)27-22(16-17)20-8-4-6-14-26-20/h1,3-16H/b10-9+. The van der Waals surface area contributed by atoms with E-state index in [1.165, 1.54) is 11.3 Å². The highest BCUT2D eigenvalue weighted by Crippen LogP contribution is 2.43. The van der Waals surface area contributed by atoms with E-state index < -0.39 is 5.79 Å². The molecule has 5 rings (SSSR count). The molecule has 4 aromatic heterocycles. The van der Waals surface area contributed by atoms with Gasteiger partial charge in [0.05, 0.1) is 27.7 Å². The van der Waals surface area contributed by atoms with Crippen molar-refractivity contribution in [1.82, 2.24) is 15.0 Å². The lowest BCUT2D eigenvalue weighted by Gasteiger charge is -2.06. The fraction of sp³-hybridized carbons (Fsp3) is 0.0417. The van der Waals surface area contributed by atoms with Crippen LogP contribution in [0.15, 0.2) is 73.1 Å². The average Bonchev–Trinajstić information content (AvgIpc) is 3.48. The molecule has 0 radical (unpaired) electrons. The summed E-state index contributed by atoms with van der Waals surface area (Å²) in [7, 11) is 0. The van der Waals surface area contributed by atoms with Crippen molar-refractivity contribution in [2.45, 2.75) is 5.79 Å². The second kappa shape index (κ2) is 7.65. The van der Waals surface area contributed by atoms with Gasteiger partial charge >= 0.3 is 5.79 Å². The lowest BCUT2D eigenvalue weighted by molar-refractivity contribution is 0.0850. The van der Waals surface area contributed by atoms with Crippen LogP contribution in [0.3, 0.4) is 0 Å². The van der Waals surface area contributed by atoms with E-state index in [2.05, 4.69) is 15.9 Å². The SMILES string of the molecule is C#CC1(c2ccc(/C=C/c3cc(-c4ccccn4)nc(-c4ccccn4)c3)s2)OO1. The number of hydrogen-bond acceptors (Lipinski definition) is 6. The van der Waals surface area contributed by atoms with E-state index in [4.69, 9.17) is 21.2 Å². The maximum atomic E-state index is 5.49. The molecule has 0 aliphatic carbocycles. The van der Waals surface area contributed by atoms with Gasteiger partial charge in [0.2, 0.25) is 0 Å². The zero-order valence-corrected chi connectivity index (χ0v) is 16.5. The monoisotopic (exact) mass is 409 g/mol. The van der Waals surface area contributed by atoms with Gasteiger partial charge in [0.1, 0.15) is 0 Å². The molecule has 144 valence electrons. The Balaban J connectivity index is 1.51. The van der Waals surface area contributed by atoms with E-state index in [1.54, 1.807) is 12.4 Å². The van der Waals surface area contributed by atoms with Crippen molar-refractivity contribution >= 4 is 23.5 Å². The van der Waals surface area contributed by atoms with Gasteiger partial charge < -0.3 is 0 Å². The van der Waals surface area contributed by atoms with Gasteiger partial charge in [-0.1, -0.05) is 18.2 Å². The van der Waals surface area contributed by atoms with E-state index in [-0.39, 0.29) is 0 Å². The molecular formula is C24H15N3O2S. The molecule has 0 spiro atoms. The molecule has 1 aliphatic rings. The van der Waals surface area contributed by atoms with Crippen LogP contribution >= 0.6 is 11.3 Å². The summed E-state index contributed by atoms with van der Waals surface area (Å²) >= 11 is 1.53. The Bertz CT molecular complexity index is 1200. The number of hydrogen-bond donors (Lipinski definition) is 0. The Hall–Kier alpha value is -3.63. The Morgan fingerprint density at radius 3 is 2.03 bits per heavy atom. The molecule has 0 saturated carbocycles. The number of nitrogens with zero attached hydrogens (tertiary/aromatic N) is 3. The number of aromatic nitrogens is 3. The smallest absolute Gasteiger partial charge is 0.255 e. The summed E-state index contributed by atoms with van der Waals surface area (Å²) < 4.78 is 0. The first kappa shape index (κ1) is 18.4. The second-order valence-corrected chi connectivity index (χ2v) is 7.68. The van der Waals surface area contributed by atoms with E-state index in [0.717, 1.165) is 38.1 Å². The summed E-state index contributed by atoms with van der Waals surface area (Å²) in [5, 5.41) is 0. The predicted molar refractivity (Wildman–Crippen MR) is 117 cm³/mol. The zero-order chi connectivity index (χ0) is 20.4. The van der Waals surface area contributed by atoms with Crippen molar-refractivity contribution in [3.8, 4) is 35.1 Å². The summed E-state index contributed by atoms with van der Waals surface area (Å²) in [5.41, 5.74) is 4.18. The molecule has 5 nitrogen and oxygen atoms in total. The highest BCUT2D eigenvalue weighted by Gasteiger charge is 2.50. The fourth-order valence-corrected chi connectivity index (χ4v) is 3.90. The Kier molecular flexibility index (Phi) is 4.69. The summed E-state index contributed by atoms with van der Waals surface area (Å²) in [6, 6.07) is 19.5. The molecule has 1 saturated heterocycles. The van der Waals surface area contributed by atoms with Gasteiger partial charge in [-0.2, -0.15) is 9.78 Å². The third-order valence-corrected chi connectivity index (χ3v) is 5.67. The molecule has 0 amide bonds. The van der Waals surface area contributed by atoms with Crippen molar-refractivity contribution in [3.63, 3.8) is 0 Å². The number of terminal acetylenes is 1. The van der Waals surface area contributed by atoms with Crippen molar-refractivity contribution in [1.29, 1.82) is 0 Å². The number of thiophene rings is 1. The molecular weight excluding hydrogens is 394 g/mol. The summed E-state index contributed by atoms with van der Waals surface area (Å²) in [4.78, 5) is 25.5. The zero-order valence-electron chi connectivity index (χ0n) is 15.7. The molecule has 1 aliphatic heterocycles. The van der Waals surface area contributed by atoms with Gasteiger partial charge in [-0.15, -0.1) is 17.8 Å². The minimum atomic E-state index is -1.01. The Morgan fingerprint density at radius 2 is 1.50 bits per heavy atom. The second-order valence-electron chi connectivity index (χ2n) is 6.56. The third-order valence-electron chi connectivity index (χ3n) is 4.53. The topological polar surface area (TPSA) is 63.7 Å². The molecule has 0 N–H and O–H groups in total. The molecule has 5 heterocycles. The fourth-order valence-electron chi connectivity index (χ4n) is 2.98. The van der Waals surface area contributed by atoms with Crippen molar-refractivity contribution in [3.05, 3.63) is 88.4 Å². The van der Waals surface area contributed by atoms with Crippen LogP contribution in [-0.4, -0.2) is 15.0 Å². The molecule has 0 aromatic carbocycles. The van der Waals surface area contributed by atoms with Gasteiger partial charge in [-0.05, 0) is 66.1 Å². The number of rotatable bonds is 5. The van der Waals surface area contributed by atoms with Crippen LogP contribution in [0.5, 0.6) is 0 Å². The summed E-state index contributed by atoms with van der Waals surface area (Å²) in [6.45, 7) is 0. The minimum Gasteiger partial charge on any atom is -0.255 e. The van der Waals surface area contributed by atoms with Gasteiger partial charge in [0.15, 0.2) is 0 Å². The molecule has 6 heteroatoms.